The zero-order valence-electron chi connectivity index (χ0n) is 16.1. The van der Waals surface area contributed by atoms with Crippen LogP contribution in [0.5, 0.6) is 0 Å². The van der Waals surface area contributed by atoms with Crippen molar-refractivity contribution in [2.75, 3.05) is 13.1 Å². The van der Waals surface area contributed by atoms with Gasteiger partial charge in [-0.15, -0.1) is 0 Å². The Balaban J connectivity index is 1.81. The molecule has 1 heterocycles. The number of rotatable bonds is 7. The maximum Gasteiger partial charge on any atom is 0.251 e. The number of hydrogen-bond donors (Lipinski definition) is 2. The van der Waals surface area contributed by atoms with Crippen LogP contribution >= 0.6 is 0 Å². The summed E-state index contributed by atoms with van der Waals surface area (Å²) in [6, 6.07) is 13.4. The second-order valence-corrected chi connectivity index (χ2v) is 8.39. The molecule has 7 nitrogen and oxygen atoms in total. The first-order chi connectivity index (χ1) is 13.4. The number of sulfonamides is 1. The summed E-state index contributed by atoms with van der Waals surface area (Å²) in [6.45, 7) is 6.14. The fourth-order valence-corrected chi connectivity index (χ4v) is 4.54. The first-order valence-corrected chi connectivity index (χ1v) is 10.7. The average molecular weight is 401 g/mol. The summed E-state index contributed by atoms with van der Waals surface area (Å²) in [4.78, 5) is 20.5. The van der Waals surface area contributed by atoms with E-state index < -0.39 is 10.0 Å². The molecule has 0 radical (unpaired) electrons. The van der Waals surface area contributed by atoms with Gasteiger partial charge in [0.05, 0.1) is 22.0 Å². The van der Waals surface area contributed by atoms with Gasteiger partial charge in [0.2, 0.25) is 10.0 Å². The molecule has 28 heavy (non-hydrogen) atoms. The second kappa shape index (κ2) is 8.12. The van der Waals surface area contributed by atoms with E-state index in [2.05, 4.69) is 15.3 Å². The number of H-pyrrole nitrogens is 1. The van der Waals surface area contributed by atoms with Crippen LogP contribution in [0.15, 0.2) is 53.4 Å². The number of nitrogens with one attached hydrogen (secondary N) is 2. The van der Waals surface area contributed by atoms with Gasteiger partial charge in [-0.05, 0) is 37.3 Å². The molecule has 0 fully saturated rings. The van der Waals surface area contributed by atoms with E-state index in [1.54, 1.807) is 26.0 Å². The summed E-state index contributed by atoms with van der Waals surface area (Å²) in [5.41, 5.74) is 2.01. The highest BCUT2D eigenvalue weighted by Crippen LogP contribution is 2.19. The highest BCUT2D eigenvalue weighted by atomic mass is 32.2. The topological polar surface area (TPSA) is 95.2 Å². The molecule has 0 bridgehead atoms. The minimum atomic E-state index is -3.62. The number of imidazole rings is 1. The van der Waals surface area contributed by atoms with E-state index in [9.17, 15) is 13.2 Å². The average Bonchev–Trinajstić information content (AvgIpc) is 3.13. The molecule has 1 atom stereocenters. The van der Waals surface area contributed by atoms with Crippen molar-refractivity contribution in [3.05, 3.63) is 59.9 Å². The predicted octanol–water partition coefficient (Wildman–Crippen LogP) is 3.08. The van der Waals surface area contributed by atoms with Crippen LogP contribution in [0.1, 0.15) is 43.0 Å². The molecule has 1 aromatic heterocycles. The summed E-state index contributed by atoms with van der Waals surface area (Å²) in [5, 5.41) is 2.87. The monoisotopic (exact) mass is 400 g/mol. The number of aromatic amines is 1. The van der Waals surface area contributed by atoms with Gasteiger partial charge in [-0.2, -0.15) is 4.31 Å². The van der Waals surface area contributed by atoms with Crippen LogP contribution in [0.3, 0.4) is 0 Å². The Kier molecular flexibility index (Phi) is 5.81. The zero-order valence-corrected chi connectivity index (χ0v) is 17.0. The number of aromatic nitrogens is 2. The van der Waals surface area contributed by atoms with Gasteiger partial charge in [0.15, 0.2) is 0 Å². The third kappa shape index (κ3) is 3.93. The van der Waals surface area contributed by atoms with Gasteiger partial charge in [0.25, 0.3) is 5.91 Å². The molecule has 148 valence electrons. The number of benzene rings is 2. The number of amides is 1. The maximum absolute atomic E-state index is 12.7. The van der Waals surface area contributed by atoms with E-state index in [0.717, 1.165) is 11.0 Å². The van der Waals surface area contributed by atoms with Gasteiger partial charge in [0.1, 0.15) is 5.82 Å². The van der Waals surface area contributed by atoms with Crippen molar-refractivity contribution >= 4 is 27.0 Å². The molecule has 3 aromatic rings. The molecule has 2 N–H and O–H groups in total. The van der Waals surface area contributed by atoms with Crippen molar-refractivity contribution in [3.63, 3.8) is 0 Å². The van der Waals surface area contributed by atoms with Crippen LogP contribution < -0.4 is 5.32 Å². The van der Waals surface area contributed by atoms with Gasteiger partial charge in [-0.3, -0.25) is 4.79 Å². The van der Waals surface area contributed by atoms with Crippen molar-refractivity contribution in [3.8, 4) is 0 Å². The molecule has 0 saturated carbocycles. The van der Waals surface area contributed by atoms with Crippen LogP contribution in [0, 0.1) is 0 Å². The molecule has 8 heteroatoms. The van der Waals surface area contributed by atoms with E-state index in [-0.39, 0.29) is 22.4 Å². The van der Waals surface area contributed by atoms with E-state index in [4.69, 9.17) is 0 Å². The standard InChI is InChI=1S/C20H24N4O3S/c1-4-24(5-2)28(26,27)16-10-8-9-15(13-16)20(25)21-14(3)19-22-17-11-6-7-12-18(17)23-19/h6-14H,4-5H2,1-3H3,(H,21,25)(H,22,23)/t14-/m0/s1. The Morgan fingerprint density at radius 2 is 1.86 bits per heavy atom. The minimum Gasteiger partial charge on any atom is -0.342 e. The summed E-state index contributed by atoms with van der Waals surface area (Å²) in [5.74, 6) is 0.283. The van der Waals surface area contributed by atoms with Crippen LogP contribution in [-0.2, 0) is 10.0 Å². The molecule has 0 unspecified atom stereocenters. The van der Waals surface area contributed by atoms with Gasteiger partial charge < -0.3 is 10.3 Å². The molecule has 0 aliphatic rings. The Morgan fingerprint density at radius 1 is 1.14 bits per heavy atom. The van der Waals surface area contributed by atoms with Crippen LogP contribution in [-0.4, -0.2) is 41.7 Å². The van der Waals surface area contributed by atoms with Gasteiger partial charge in [-0.1, -0.05) is 32.0 Å². The van der Waals surface area contributed by atoms with E-state index in [0.29, 0.717) is 18.9 Å². The van der Waals surface area contributed by atoms with Crippen LogP contribution in [0.25, 0.3) is 11.0 Å². The molecular weight excluding hydrogens is 376 g/mol. The third-order valence-corrected chi connectivity index (χ3v) is 6.65. The third-order valence-electron chi connectivity index (χ3n) is 4.60. The highest BCUT2D eigenvalue weighted by molar-refractivity contribution is 7.89. The fraction of sp³-hybridized carbons (Fsp3) is 0.300. The fourth-order valence-electron chi connectivity index (χ4n) is 3.04. The molecule has 0 aliphatic heterocycles. The summed E-state index contributed by atoms with van der Waals surface area (Å²) in [7, 11) is -3.62. The maximum atomic E-state index is 12.7. The Bertz CT molecular complexity index is 1050. The molecule has 0 aliphatic carbocycles. The lowest BCUT2D eigenvalue weighted by atomic mass is 10.2. The zero-order chi connectivity index (χ0) is 20.3. The summed E-state index contributed by atoms with van der Waals surface area (Å²) >= 11 is 0. The molecular formula is C20H24N4O3S. The molecule has 2 aromatic carbocycles. The normalized spacial score (nSPS) is 13.0. The predicted molar refractivity (Wildman–Crippen MR) is 109 cm³/mol. The van der Waals surface area contributed by atoms with E-state index in [1.165, 1.54) is 16.4 Å². The smallest absolute Gasteiger partial charge is 0.251 e. The number of carbonyl (C=O) groups excluding carboxylic acids is 1. The number of para-hydroxylation sites is 2. The second-order valence-electron chi connectivity index (χ2n) is 6.45. The van der Waals surface area contributed by atoms with Gasteiger partial charge in [0, 0.05) is 18.7 Å². The lowest BCUT2D eigenvalue weighted by Crippen LogP contribution is -2.31. The molecule has 3 rings (SSSR count). The molecule has 1 amide bonds. The summed E-state index contributed by atoms with van der Waals surface area (Å²) < 4.78 is 26.7. The number of hydrogen-bond acceptors (Lipinski definition) is 4. The largest absolute Gasteiger partial charge is 0.342 e. The Hall–Kier alpha value is -2.71. The van der Waals surface area contributed by atoms with E-state index in [1.807, 2.05) is 31.2 Å². The van der Waals surface area contributed by atoms with Crippen molar-refractivity contribution in [1.82, 2.24) is 19.6 Å². The van der Waals surface area contributed by atoms with Gasteiger partial charge in [-0.25, -0.2) is 13.4 Å². The summed E-state index contributed by atoms with van der Waals surface area (Å²) in [6.07, 6.45) is 0. The SMILES string of the molecule is CCN(CC)S(=O)(=O)c1cccc(C(=O)N[C@@H](C)c2nc3ccccc3[nH]2)c1. The minimum absolute atomic E-state index is 0.111. The molecule has 0 spiro atoms. The van der Waals surface area contributed by atoms with E-state index >= 15 is 0 Å². The Morgan fingerprint density at radius 3 is 2.54 bits per heavy atom. The lowest BCUT2D eigenvalue weighted by Gasteiger charge is -2.19. The first-order valence-electron chi connectivity index (χ1n) is 9.22. The van der Waals surface area contributed by atoms with Crippen molar-refractivity contribution in [1.29, 1.82) is 0 Å². The van der Waals surface area contributed by atoms with Gasteiger partial charge >= 0.3 is 0 Å². The Labute approximate surface area is 164 Å². The van der Waals surface area contributed by atoms with Crippen LogP contribution in [0.4, 0.5) is 0 Å². The lowest BCUT2D eigenvalue weighted by molar-refractivity contribution is 0.0938. The molecule has 0 saturated heterocycles. The highest BCUT2D eigenvalue weighted by Gasteiger charge is 2.23. The number of carbonyl (C=O) groups is 1. The van der Waals surface area contributed by atoms with Crippen molar-refractivity contribution in [2.45, 2.75) is 31.7 Å². The first kappa shape index (κ1) is 20.0. The van der Waals surface area contributed by atoms with Crippen molar-refractivity contribution < 1.29 is 13.2 Å². The quantitative estimate of drug-likeness (QED) is 0.637. The number of fused-ring (bicyclic) bond motifs is 1. The van der Waals surface area contributed by atoms with Crippen molar-refractivity contribution in [2.24, 2.45) is 0 Å². The van der Waals surface area contributed by atoms with Crippen LogP contribution in [0.2, 0.25) is 0 Å². The number of nitrogens with zero attached hydrogens (tertiary/aromatic N) is 2.